The molecule has 0 fully saturated rings. The van der Waals surface area contributed by atoms with Crippen LogP contribution in [0.15, 0.2) is 89.6 Å². The highest BCUT2D eigenvalue weighted by atomic mass is 32.2. The molecule has 3 atom stereocenters. The molecule has 0 aliphatic heterocycles. The number of hydrogen-bond acceptors (Lipinski definition) is 7. The molecule has 1 heterocycles. The highest BCUT2D eigenvalue weighted by Crippen LogP contribution is 2.22. The molecule has 3 amide bonds. The fraction of sp³-hybridized carbons (Fsp3) is 0.286. The summed E-state index contributed by atoms with van der Waals surface area (Å²) in [5.41, 5.74) is 4.02. The minimum atomic E-state index is -3.69. The number of nitrogens with zero attached hydrogens (tertiary/aromatic N) is 1. The number of para-hydroxylation sites is 1. The first-order chi connectivity index (χ1) is 22.3. The number of amides is 3. The Balaban J connectivity index is 1.55. The first kappa shape index (κ1) is 35.3. The van der Waals surface area contributed by atoms with Crippen molar-refractivity contribution in [3.8, 4) is 0 Å². The van der Waals surface area contributed by atoms with Crippen LogP contribution in [0, 0.1) is 6.92 Å². The normalized spacial score (nSPS) is 13.2. The summed E-state index contributed by atoms with van der Waals surface area (Å²) < 4.78 is 25.9. The van der Waals surface area contributed by atoms with Crippen LogP contribution >= 0.6 is 11.3 Å². The van der Waals surface area contributed by atoms with Crippen molar-refractivity contribution in [1.82, 2.24) is 16.0 Å². The molecule has 47 heavy (non-hydrogen) atoms. The Morgan fingerprint density at radius 1 is 0.872 bits per heavy atom. The van der Waals surface area contributed by atoms with Gasteiger partial charge in [0.25, 0.3) is 11.8 Å². The van der Waals surface area contributed by atoms with E-state index < -0.39 is 33.9 Å². The van der Waals surface area contributed by atoms with Gasteiger partial charge in [-0.1, -0.05) is 48.5 Å². The van der Waals surface area contributed by atoms with Gasteiger partial charge in [0.15, 0.2) is 0 Å². The van der Waals surface area contributed by atoms with Gasteiger partial charge in [-0.2, -0.15) is 11.3 Å². The van der Waals surface area contributed by atoms with Crippen molar-refractivity contribution >= 4 is 50.5 Å². The van der Waals surface area contributed by atoms with Gasteiger partial charge in [0.05, 0.1) is 24.0 Å². The van der Waals surface area contributed by atoms with Crippen LogP contribution in [0.1, 0.15) is 57.3 Å². The molecule has 0 saturated carbocycles. The van der Waals surface area contributed by atoms with Gasteiger partial charge in [-0.15, -0.1) is 0 Å². The summed E-state index contributed by atoms with van der Waals surface area (Å²) in [5, 5.41) is 16.1. The largest absolute Gasteiger partial charge is 0.348 e. The number of thiophene rings is 1. The highest BCUT2D eigenvalue weighted by Gasteiger charge is 2.23. The van der Waals surface area contributed by atoms with Crippen molar-refractivity contribution in [2.24, 2.45) is 0 Å². The average Bonchev–Trinajstić information content (AvgIpc) is 3.56. The fourth-order valence-electron chi connectivity index (χ4n) is 4.85. The van der Waals surface area contributed by atoms with Crippen molar-refractivity contribution in [3.05, 3.63) is 117 Å². The summed E-state index contributed by atoms with van der Waals surface area (Å²) in [6, 6.07) is 21.9. The fourth-order valence-corrected chi connectivity index (χ4v) is 6.02. The van der Waals surface area contributed by atoms with Gasteiger partial charge >= 0.3 is 0 Å². The van der Waals surface area contributed by atoms with E-state index >= 15 is 0 Å². The lowest BCUT2D eigenvalue weighted by Crippen LogP contribution is -2.48. The van der Waals surface area contributed by atoms with Gasteiger partial charge in [-0.25, -0.2) is 8.42 Å². The first-order valence-corrected chi connectivity index (χ1v) is 18.0. The molecule has 0 aliphatic carbocycles. The summed E-state index contributed by atoms with van der Waals surface area (Å²) in [5.74, 6) is -1.15. The SMILES string of the molecule is Cc1ccccc1NC(=O)[C@H](C)NC[C@H](Cc1ccsc1)NC(=O)c1cc(C(=O)N[C@H](C)c2ccccc2)cc(N(C)S(C)(=O)=O)c1. The lowest BCUT2D eigenvalue weighted by molar-refractivity contribution is -0.117. The van der Waals surface area contributed by atoms with Gasteiger partial charge in [0.2, 0.25) is 15.9 Å². The summed E-state index contributed by atoms with van der Waals surface area (Å²) in [6.07, 6.45) is 1.54. The standard InChI is InChI=1S/C35H41N5O5S2/c1-23-11-9-10-14-32(23)39-33(41)25(3)36-21-30(17-26-15-16-46-22-26)38-35(43)29-18-28(19-31(20-29)40(4)47(5,44)45)34(42)37-24(2)27-12-7-6-8-13-27/h6-16,18-20,22,24-25,30,36H,17,21H2,1-5H3,(H,37,42)(H,38,43)(H,39,41)/t24-,25+,30+/m1/s1. The monoisotopic (exact) mass is 675 g/mol. The average molecular weight is 676 g/mol. The number of carbonyl (C=O) groups is 3. The molecule has 4 N–H and O–H groups in total. The van der Waals surface area contributed by atoms with E-state index in [1.165, 1.54) is 25.2 Å². The number of benzene rings is 3. The second-order valence-electron chi connectivity index (χ2n) is 11.5. The van der Waals surface area contributed by atoms with Crippen LogP contribution in [-0.4, -0.2) is 58.1 Å². The number of carbonyl (C=O) groups excluding carboxylic acids is 3. The molecule has 248 valence electrons. The van der Waals surface area contributed by atoms with Crippen molar-refractivity contribution in [2.45, 2.75) is 45.3 Å². The van der Waals surface area contributed by atoms with Gasteiger partial charge in [0.1, 0.15) is 0 Å². The summed E-state index contributed by atoms with van der Waals surface area (Å²) in [4.78, 5) is 40.1. The Morgan fingerprint density at radius 3 is 2.13 bits per heavy atom. The highest BCUT2D eigenvalue weighted by molar-refractivity contribution is 7.92. The molecule has 0 unspecified atom stereocenters. The maximum Gasteiger partial charge on any atom is 0.251 e. The van der Waals surface area contributed by atoms with Crippen LogP contribution in [-0.2, 0) is 21.2 Å². The number of sulfonamides is 1. The molecule has 4 aromatic rings. The van der Waals surface area contributed by atoms with E-state index in [9.17, 15) is 22.8 Å². The number of hydrogen-bond donors (Lipinski definition) is 4. The van der Waals surface area contributed by atoms with Crippen LogP contribution in [0.4, 0.5) is 11.4 Å². The minimum Gasteiger partial charge on any atom is -0.348 e. The molecule has 0 bridgehead atoms. The van der Waals surface area contributed by atoms with E-state index in [0.29, 0.717) is 6.42 Å². The minimum absolute atomic E-state index is 0.121. The number of aryl methyl sites for hydroxylation is 1. The second-order valence-corrected chi connectivity index (χ2v) is 14.3. The molecular formula is C35H41N5O5S2. The predicted octanol–water partition coefficient (Wildman–Crippen LogP) is 4.90. The molecule has 0 saturated heterocycles. The zero-order valence-corrected chi connectivity index (χ0v) is 28.7. The molecule has 4 rings (SSSR count). The van der Waals surface area contributed by atoms with Gasteiger partial charge in [-0.3, -0.25) is 18.7 Å². The molecule has 0 aliphatic rings. The zero-order valence-electron chi connectivity index (χ0n) is 27.1. The van der Waals surface area contributed by atoms with E-state index in [-0.39, 0.29) is 35.3 Å². The first-order valence-electron chi connectivity index (χ1n) is 15.2. The maximum absolute atomic E-state index is 13.8. The summed E-state index contributed by atoms with van der Waals surface area (Å²) in [7, 11) is -2.32. The van der Waals surface area contributed by atoms with Gasteiger partial charge < -0.3 is 21.3 Å². The topological polar surface area (TPSA) is 137 Å². The van der Waals surface area contributed by atoms with E-state index in [1.807, 2.05) is 85.3 Å². The lowest BCUT2D eigenvalue weighted by Gasteiger charge is -2.23. The van der Waals surface area contributed by atoms with E-state index in [4.69, 9.17) is 0 Å². The van der Waals surface area contributed by atoms with Crippen molar-refractivity contribution in [3.63, 3.8) is 0 Å². The molecule has 10 nitrogen and oxygen atoms in total. The Kier molecular flexibility index (Phi) is 11.9. The Labute approximate surface area is 280 Å². The van der Waals surface area contributed by atoms with Crippen LogP contribution in [0.25, 0.3) is 0 Å². The van der Waals surface area contributed by atoms with Gasteiger partial charge in [0, 0.05) is 36.4 Å². The predicted molar refractivity (Wildman–Crippen MR) is 189 cm³/mol. The third-order valence-electron chi connectivity index (χ3n) is 7.81. The van der Waals surface area contributed by atoms with E-state index in [1.54, 1.807) is 18.3 Å². The third kappa shape index (κ3) is 9.98. The smallest absolute Gasteiger partial charge is 0.251 e. The van der Waals surface area contributed by atoms with E-state index in [2.05, 4.69) is 21.3 Å². The molecule has 0 spiro atoms. The van der Waals surface area contributed by atoms with Crippen LogP contribution in [0.2, 0.25) is 0 Å². The summed E-state index contributed by atoms with van der Waals surface area (Å²) in [6.45, 7) is 5.79. The van der Waals surface area contributed by atoms with Crippen LogP contribution in [0.5, 0.6) is 0 Å². The van der Waals surface area contributed by atoms with Crippen molar-refractivity contribution in [2.75, 3.05) is 29.5 Å². The van der Waals surface area contributed by atoms with Crippen molar-refractivity contribution in [1.29, 1.82) is 0 Å². The van der Waals surface area contributed by atoms with E-state index in [0.717, 1.165) is 32.9 Å². The maximum atomic E-state index is 13.8. The number of anilines is 2. The van der Waals surface area contributed by atoms with Gasteiger partial charge in [-0.05, 0) is 85.0 Å². The Morgan fingerprint density at radius 2 is 1.51 bits per heavy atom. The molecular weight excluding hydrogens is 635 g/mol. The molecule has 3 aromatic carbocycles. The Hall–Kier alpha value is -4.52. The van der Waals surface area contributed by atoms with Crippen LogP contribution < -0.4 is 25.6 Å². The lowest BCUT2D eigenvalue weighted by atomic mass is 10.0. The second kappa shape index (κ2) is 15.9. The number of nitrogens with one attached hydrogen (secondary N) is 4. The molecule has 12 heteroatoms. The number of rotatable bonds is 14. The quantitative estimate of drug-likeness (QED) is 0.150. The Bertz CT molecular complexity index is 1800. The molecule has 0 radical (unpaired) electrons. The molecule has 1 aromatic heterocycles. The van der Waals surface area contributed by atoms with Crippen molar-refractivity contribution < 1.29 is 22.8 Å². The third-order valence-corrected chi connectivity index (χ3v) is 9.75. The van der Waals surface area contributed by atoms with Crippen LogP contribution in [0.3, 0.4) is 0 Å². The zero-order chi connectivity index (χ0) is 34.1. The summed E-state index contributed by atoms with van der Waals surface area (Å²) >= 11 is 1.54.